The molecule has 0 spiro atoms. The van der Waals surface area contributed by atoms with E-state index in [-0.39, 0.29) is 11.7 Å². The van der Waals surface area contributed by atoms with E-state index in [9.17, 15) is 9.59 Å². The van der Waals surface area contributed by atoms with Crippen molar-refractivity contribution in [1.29, 1.82) is 0 Å². The quantitative estimate of drug-likeness (QED) is 0.0912. The number of hydrogen-bond donors (Lipinski definition) is 1. The van der Waals surface area contributed by atoms with Gasteiger partial charge in [0.2, 0.25) is 6.29 Å². The normalized spacial score (nSPS) is 14.2. The molecule has 13 heteroatoms. The molecule has 1 aliphatic rings. The second-order valence-electron chi connectivity index (χ2n) is 10.9. The average Bonchev–Trinajstić information content (AvgIpc) is 3.72. The number of rotatable bonds is 10. The van der Waals surface area contributed by atoms with Gasteiger partial charge in [0.05, 0.1) is 24.2 Å². The molecular formula is C33H33IN6O6. The van der Waals surface area contributed by atoms with Crippen molar-refractivity contribution in [1.82, 2.24) is 30.2 Å². The number of carbonyl (C=O) groups excluding carboxylic acids is 2. The third-order valence-electron chi connectivity index (χ3n) is 7.79. The van der Waals surface area contributed by atoms with Gasteiger partial charge < -0.3 is 18.9 Å². The van der Waals surface area contributed by atoms with Crippen LogP contribution in [0.25, 0.3) is 33.5 Å². The van der Waals surface area contributed by atoms with Gasteiger partial charge in [0.25, 0.3) is 6.01 Å². The molecule has 238 valence electrons. The lowest BCUT2D eigenvalue weighted by atomic mass is 9.98. The zero-order valence-corrected chi connectivity index (χ0v) is 27.6. The second kappa shape index (κ2) is 14.3. The van der Waals surface area contributed by atoms with E-state index in [2.05, 4.69) is 43.2 Å². The topological polar surface area (TPSA) is 143 Å². The van der Waals surface area contributed by atoms with E-state index in [1.54, 1.807) is 12.1 Å². The van der Waals surface area contributed by atoms with E-state index in [0.29, 0.717) is 36.0 Å². The van der Waals surface area contributed by atoms with Crippen LogP contribution in [0.4, 0.5) is 4.79 Å². The summed E-state index contributed by atoms with van der Waals surface area (Å²) < 4.78 is 24.9. The van der Waals surface area contributed by atoms with E-state index in [1.807, 2.05) is 60.0 Å². The number of ether oxygens (including phenoxy) is 4. The van der Waals surface area contributed by atoms with Crippen LogP contribution in [0.2, 0.25) is 0 Å². The number of esters is 1. The van der Waals surface area contributed by atoms with Crippen LogP contribution in [0.15, 0.2) is 60.7 Å². The third-order valence-corrected chi connectivity index (χ3v) is 8.66. The molecule has 2 aromatic heterocycles. The van der Waals surface area contributed by atoms with Crippen molar-refractivity contribution in [2.75, 3.05) is 6.61 Å². The van der Waals surface area contributed by atoms with Gasteiger partial charge in [-0.25, -0.2) is 14.7 Å². The number of nitrogens with zero attached hydrogens (tertiary/aromatic N) is 5. The zero-order chi connectivity index (χ0) is 32.0. The minimum absolute atomic E-state index is 0.166. The lowest BCUT2D eigenvalue weighted by Crippen LogP contribution is -2.26. The molecule has 2 heterocycles. The number of nitrogens with one attached hydrogen (secondary N) is 1. The maximum absolute atomic E-state index is 13.5. The Bertz CT molecular complexity index is 1820. The highest BCUT2D eigenvalue weighted by molar-refractivity contribution is 14.1. The Morgan fingerprint density at radius 2 is 1.76 bits per heavy atom. The first-order valence-electron chi connectivity index (χ1n) is 15.2. The highest BCUT2D eigenvalue weighted by Gasteiger charge is 2.26. The van der Waals surface area contributed by atoms with Crippen LogP contribution in [-0.2, 0) is 20.8 Å². The molecule has 1 saturated carbocycles. The van der Waals surface area contributed by atoms with Gasteiger partial charge in [-0.15, -0.1) is 5.10 Å². The van der Waals surface area contributed by atoms with E-state index in [1.165, 1.54) is 6.92 Å². The number of imidazole rings is 1. The van der Waals surface area contributed by atoms with Gasteiger partial charge in [-0.3, -0.25) is 4.57 Å². The fraction of sp³-hybridized carbons (Fsp3) is 0.333. The summed E-state index contributed by atoms with van der Waals surface area (Å²) in [6.45, 7) is 4.14. The molecule has 0 aliphatic heterocycles. The molecule has 0 radical (unpaired) electrons. The van der Waals surface area contributed by atoms with Crippen molar-refractivity contribution in [2.45, 2.75) is 64.9 Å². The summed E-state index contributed by atoms with van der Waals surface area (Å²) in [5, 5.41) is 14.3. The van der Waals surface area contributed by atoms with E-state index >= 15 is 0 Å². The van der Waals surface area contributed by atoms with Crippen molar-refractivity contribution in [3.8, 4) is 28.5 Å². The molecule has 1 N–H and O–H groups in total. The van der Waals surface area contributed by atoms with E-state index < -0.39 is 18.4 Å². The van der Waals surface area contributed by atoms with Crippen LogP contribution in [0.3, 0.4) is 0 Å². The van der Waals surface area contributed by atoms with Gasteiger partial charge in [0.15, 0.2) is 5.82 Å². The summed E-state index contributed by atoms with van der Waals surface area (Å²) in [7, 11) is 0. The van der Waals surface area contributed by atoms with E-state index in [0.717, 1.165) is 57.9 Å². The Kier molecular flexibility index (Phi) is 9.76. The molecular weight excluding hydrogens is 703 g/mol. The van der Waals surface area contributed by atoms with Crippen molar-refractivity contribution in [3.05, 3.63) is 75.4 Å². The van der Waals surface area contributed by atoms with Crippen LogP contribution in [0, 0.1) is 3.57 Å². The number of benzene rings is 3. The van der Waals surface area contributed by atoms with Crippen LogP contribution in [0.1, 0.15) is 61.9 Å². The van der Waals surface area contributed by atoms with Crippen LogP contribution < -0.4 is 4.74 Å². The molecule has 5 aromatic rings. The van der Waals surface area contributed by atoms with Gasteiger partial charge in [0.1, 0.15) is 11.6 Å². The minimum atomic E-state index is -1.15. The molecule has 12 nitrogen and oxygen atoms in total. The number of halogens is 1. The summed E-state index contributed by atoms with van der Waals surface area (Å²) in [5.41, 5.74) is 5.26. The third kappa shape index (κ3) is 6.98. The summed E-state index contributed by atoms with van der Waals surface area (Å²) in [5.74, 6) is -0.0711. The Morgan fingerprint density at radius 1 is 1.00 bits per heavy atom. The van der Waals surface area contributed by atoms with Gasteiger partial charge in [0, 0.05) is 16.1 Å². The maximum Gasteiger partial charge on any atom is 0.511 e. The second-order valence-corrected chi connectivity index (χ2v) is 12.1. The molecule has 1 atom stereocenters. The van der Waals surface area contributed by atoms with Crippen LogP contribution in [-0.4, -0.2) is 61.3 Å². The van der Waals surface area contributed by atoms with E-state index in [4.69, 9.17) is 23.9 Å². The predicted molar refractivity (Wildman–Crippen MR) is 177 cm³/mol. The standard InChI is InChI=1S/C33H33IN6O6/c1-3-43-32-35-28-27(34)18-17-26(31(41)44-20(2)45-33(42)46-23-9-5-4-6-10-23)29(28)40(32)19-21-13-15-22(16-14-21)24-11-7-8-12-25(24)30-36-38-39-37-30/h7-8,11-18,20,23H,3-6,9-10,19H2,1-2H3,(H,36,37,38,39). The molecule has 46 heavy (non-hydrogen) atoms. The zero-order valence-electron chi connectivity index (χ0n) is 25.4. The smallest absolute Gasteiger partial charge is 0.465 e. The molecule has 1 fully saturated rings. The minimum Gasteiger partial charge on any atom is -0.465 e. The average molecular weight is 737 g/mol. The maximum atomic E-state index is 13.5. The number of hydrogen-bond acceptors (Lipinski definition) is 10. The number of aromatic amines is 1. The molecule has 3 aromatic carbocycles. The molecule has 1 unspecified atom stereocenters. The highest BCUT2D eigenvalue weighted by Crippen LogP contribution is 2.33. The molecule has 6 rings (SSSR count). The SMILES string of the molecule is CCOc1nc2c(I)ccc(C(=O)OC(C)OC(=O)OC3CCCCC3)c2n1Cc1ccc(-c2ccccc2-c2nnn[nH]2)cc1. The van der Waals surface area contributed by atoms with Crippen molar-refractivity contribution < 1.29 is 28.5 Å². The summed E-state index contributed by atoms with van der Waals surface area (Å²) >= 11 is 2.19. The Labute approximate surface area is 278 Å². The molecule has 1 aliphatic carbocycles. The Balaban J connectivity index is 1.25. The van der Waals surface area contributed by atoms with Gasteiger partial charge >= 0.3 is 12.1 Å². The highest BCUT2D eigenvalue weighted by atomic mass is 127. The summed E-state index contributed by atoms with van der Waals surface area (Å²) in [6.07, 6.45) is 2.64. The number of tetrazole rings is 1. The molecule has 0 amide bonds. The largest absolute Gasteiger partial charge is 0.511 e. The first-order chi connectivity index (χ1) is 22.4. The lowest BCUT2D eigenvalue weighted by Gasteiger charge is -2.22. The van der Waals surface area contributed by atoms with Gasteiger partial charge in [-0.05, 0) is 94.4 Å². The summed E-state index contributed by atoms with van der Waals surface area (Å²) in [4.78, 5) is 30.6. The van der Waals surface area contributed by atoms with Crippen LogP contribution in [0.5, 0.6) is 6.01 Å². The van der Waals surface area contributed by atoms with Crippen molar-refractivity contribution >= 4 is 45.7 Å². The van der Waals surface area contributed by atoms with Gasteiger partial charge in [-0.2, -0.15) is 4.98 Å². The fourth-order valence-corrected chi connectivity index (χ4v) is 6.20. The number of carbonyl (C=O) groups is 2. The molecule has 0 saturated heterocycles. The summed E-state index contributed by atoms with van der Waals surface area (Å²) in [6, 6.07) is 19.8. The van der Waals surface area contributed by atoms with Crippen molar-refractivity contribution in [3.63, 3.8) is 0 Å². The van der Waals surface area contributed by atoms with Gasteiger partial charge in [-0.1, -0.05) is 55.0 Å². The predicted octanol–water partition coefficient (Wildman–Crippen LogP) is 6.92. The van der Waals surface area contributed by atoms with Crippen LogP contribution >= 0.6 is 22.6 Å². The Hall–Kier alpha value is -4.53. The number of aromatic nitrogens is 6. The number of fused-ring (bicyclic) bond motifs is 1. The Morgan fingerprint density at radius 3 is 2.48 bits per heavy atom. The van der Waals surface area contributed by atoms with Crippen molar-refractivity contribution in [2.24, 2.45) is 0 Å². The lowest BCUT2D eigenvalue weighted by molar-refractivity contribution is -0.0914. The first-order valence-corrected chi connectivity index (χ1v) is 16.3. The number of H-pyrrole nitrogens is 1. The fourth-order valence-electron chi connectivity index (χ4n) is 5.64. The monoisotopic (exact) mass is 736 g/mol. The first kappa shape index (κ1) is 31.5. The molecule has 0 bridgehead atoms.